The number of halogens is 1. The predicted octanol–water partition coefficient (Wildman–Crippen LogP) is 5.30. The van der Waals surface area contributed by atoms with E-state index in [0.29, 0.717) is 45.4 Å². The third-order valence-electron chi connectivity index (χ3n) is 4.25. The number of nitrogens with two attached hydrogens (primary N) is 1. The van der Waals surface area contributed by atoms with Crippen LogP contribution in [0, 0.1) is 0 Å². The van der Waals surface area contributed by atoms with Crippen LogP contribution in [-0.4, -0.2) is 31.5 Å². The lowest BCUT2D eigenvalue weighted by molar-refractivity contribution is 0.362. The van der Waals surface area contributed by atoms with Crippen LogP contribution < -0.4 is 10.5 Å². The van der Waals surface area contributed by atoms with E-state index in [1.165, 1.54) is 16.9 Å². The Morgan fingerprint density at radius 1 is 1.06 bits per heavy atom. The second kappa shape index (κ2) is 9.20. The summed E-state index contributed by atoms with van der Waals surface area (Å²) >= 11 is 7.94. The van der Waals surface area contributed by atoms with Crippen LogP contribution in [0.5, 0.6) is 5.75 Å². The number of anilines is 1. The SMILES string of the molecule is CC(C)=CCOc1ccc(-c2cc(-c3cnc(N)s3)nc(-c3cnccn3)n2)c(Cl)c1. The minimum absolute atomic E-state index is 0.438. The molecule has 31 heavy (non-hydrogen) atoms. The first-order valence-corrected chi connectivity index (χ1v) is 10.6. The summed E-state index contributed by atoms with van der Waals surface area (Å²) in [6, 6.07) is 7.39. The van der Waals surface area contributed by atoms with Crippen molar-refractivity contribution in [2.24, 2.45) is 0 Å². The second-order valence-corrected chi connectivity index (χ2v) is 8.32. The summed E-state index contributed by atoms with van der Waals surface area (Å²) in [6.45, 7) is 4.54. The molecule has 0 saturated heterocycles. The molecule has 0 fully saturated rings. The average Bonchev–Trinajstić information content (AvgIpc) is 3.20. The maximum absolute atomic E-state index is 6.59. The Morgan fingerprint density at radius 2 is 1.90 bits per heavy atom. The molecule has 0 atom stereocenters. The maximum Gasteiger partial charge on any atom is 0.180 e. The summed E-state index contributed by atoms with van der Waals surface area (Å²) in [5.74, 6) is 1.12. The Balaban J connectivity index is 1.76. The van der Waals surface area contributed by atoms with Gasteiger partial charge in [0.15, 0.2) is 11.0 Å². The van der Waals surface area contributed by atoms with Gasteiger partial charge in [-0.1, -0.05) is 28.5 Å². The van der Waals surface area contributed by atoms with E-state index >= 15 is 0 Å². The Bertz CT molecular complexity index is 1240. The van der Waals surface area contributed by atoms with E-state index in [2.05, 4.69) is 24.9 Å². The minimum atomic E-state index is 0.438. The number of hydrogen-bond acceptors (Lipinski definition) is 8. The molecule has 7 nitrogen and oxygen atoms in total. The van der Waals surface area contributed by atoms with Gasteiger partial charge in [0.25, 0.3) is 0 Å². The molecule has 0 aliphatic carbocycles. The molecule has 1 aromatic carbocycles. The minimum Gasteiger partial charge on any atom is -0.489 e. The number of rotatable bonds is 6. The highest BCUT2D eigenvalue weighted by atomic mass is 35.5. The van der Waals surface area contributed by atoms with Gasteiger partial charge in [0.05, 0.1) is 27.5 Å². The van der Waals surface area contributed by atoms with Crippen molar-refractivity contribution in [2.75, 3.05) is 12.3 Å². The topological polar surface area (TPSA) is 99.7 Å². The van der Waals surface area contributed by atoms with Crippen LogP contribution in [-0.2, 0) is 0 Å². The number of allylic oxidation sites excluding steroid dienone is 1. The van der Waals surface area contributed by atoms with Crippen LogP contribution in [0.1, 0.15) is 13.8 Å². The number of aromatic nitrogens is 5. The lowest BCUT2D eigenvalue weighted by atomic mass is 10.1. The number of ether oxygens (including phenoxy) is 1. The van der Waals surface area contributed by atoms with Crippen molar-refractivity contribution in [3.05, 3.63) is 65.7 Å². The molecule has 156 valence electrons. The summed E-state index contributed by atoms with van der Waals surface area (Å²) in [7, 11) is 0. The van der Waals surface area contributed by atoms with E-state index in [4.69, 9.17) is 22.1 Å². The molecule has 9 heteroatoms. The molecule has 0 radical (unpaired) electrons. The number of nitrogens with zero attached hydrogens (tertiary/aromatic N) is 5. The smallest absolute Gasteiger partial charge is 0.180 e. The highest BCUT2D eigenvalue weighted by Crippen LogP contribution is 2.34. The lowest BCUT2D eigenvalue weighted by Gasteiger charge is -2.10. The van der Waals surface area contributed by atoms with Crippen molar-refractivity contribution >= 4 is 28.1 Å². The van der Waals surface area contributed by atoms with Gasteiger partial charge in [-0.25, -0.2) is 19.9 Å². The molecule has 3 aromatic heterocycles. The fourth-order valence-electron chi connectivity index (χ4n) is 2.74. The number of benzene rings is 1. The van der Waals surface area contributed by atoms with Crippen molar-refractivity contribution < 1.29 is 4.74 Å². The molecule has 0 spiro atoms. The Morgan fingerprint density at radius 3 is 2.58 bits per heavy atom. The summed E-state index contributed by atoms with van der Waals surface area (Å²) < 4.78 is 5.75. The van der Waals surface area contributed by atoms with E-state index in [-0.39, 0.29) is 0 Å². The van der Waals surface area contributed by atoms with Crippen LogP contribution in [0.15, 0.2) is 60.7 Å². The fraction of sp³-hybridized carbons (Fsp3) is 0.136. The molecule has 3 heterocycles. The van der Waals surface area contributed by atoms with Gasteiger partial charge < -0.3 is 10.5 Å². The predicted molar refractivity (Wildman–Crippen MR) is 124 cm³/mol. The third-order valence-corrected chi connectivity index (χ3v) is 5.41. The molecule has 2 N–H and O–H groups in total. The zero-order valence-corrected chi connectivity index (χ0v) is 18.5. The average molecular weight is 451 g/mol. The Kier molecular flexibility index (Phi) is 6.20. The molecule has 0 amide bonds. The van der Waals surface area contributed by atoms with Gasteiger partial charge in [0.2, 0.25) is 0 Å². The van der Waals surface area contributed by atoms with E-state index < -0.39 is 0 Å². The number of thiazole rings is 1. The van der Waals surface area contributed by atoms with E-state index in [1.807, 2.05) is 38.1 Å². The molecule has 0 saturated carbocycles. The summed E-state index contributed by atoms with van der Waals surface area (Å²) in [6.07, 6.45) is 8.51. The molecule has 4 aromatic rings. The van der Waals surface area contributed by atoms with Gasteiger partial charge >= 0.3 is 0 Å². The molecule has 0 bridgehead atoms. The third kappa shape index (κ3) is 5.04. The molecule has 0 aliphatic rings. The van der Waals surface area contributed by atoms with Gasteiger partial charge in [-0.2, -0.15) is 0 Å². The van der Waals surface area contributed by atoms with Crippen molar-refractivity contribution in [1.29, 1.82) is 0 Å². The van der Waals surface area contributed by atoms with Gasteiger partial charge in [0.1, 0.15) is 18.1 Å². The molecular formula is C22H19ClN6OS. The molecule has 4 rings (SSSR count). The van der Waals surface area contributed by atoms with Crippen LogP contribution >= 0.6 is 22.9 Å². The standard InChI is InChI=1S/C22H19ClN6OS/c1-13(2)5-8-30-14-3-4-15(16(23)9-14)17-10-18(20-12-27-22(24)31-20)29-21(28-17)19-11-25-6-7-26-19/h3-7,9-12H,8H2,1-2H3,(H2,24,27). The zero-order valence-electron chi connectivity index (χ0n) is 16.9. The monoisotopic (exact) mass is 450 g/mol. The van der Waals surface area contributed by atoms with Crippen molar-refractivity contribution in [3.8, 4) is 39.1 Å². The van der Waals surface area contributed by atoms with Gasteiger partial charge in [0, 0.05) is 24.2 Å². The summed E-state index contributed by atoms with van der Waals surface area (Å²) in [5.41, 5.74) is 9.65. The van der Waals surface area contributed by atoms with Crippen molar-refractivity contribution in [2.45, 2.75) is 13.8 Å². The van der Waals surface area contributed by atoms with Crippen LogP contribution in [0.25, 0.3) is 33.3 Å². The first kappa shape index (κ1) is 20.9. The summed E-state index contributed by atoms with van der Waals surface area (Å²) in [4.78, 5) is 22.7. The Hall–Kier alpha value is -3.36. The maximum atomic E-state index is 6.59. The van der Waals surface area contributed by atoms with Gasteiger partial charge in [-0.05, 0) is 44.2 Å². The second-order valence-electron chi connectivity index (χ2n) is 6.85. The first-order valence-electron chi connectivity index (χ1n) is 9.43. The first-order chi connectivity index (χ1) is 15.0. The van der Waals surface area contributed by atoms with E-state index in [0.717, 1.165) is 10.4 Å². The normalized spacial score (nSPS) is 10.7. The van der Waals surface area contributed by atoms with Crippen molar-refractivity contribution in [1.82, 2.24) is 24.9 Å². The fourth-order valence-corrected chi connectivity index (χ4v) is 3.66. The van der Waals surface area contributed by atoms with Crippen LogP contribution in [0.4, 0.5) is 5.13 Å². The highest BCUT2D eigenvalue weighted by Gasteiger charge is 2.15. The van der Waals surface area contributed by atoms with E-state index in [1.54, 1.807) is 30.9 Å². The van der Waals surface area contributed by atoms with Gasteiger partial charge in [-0.3, -0.25) is 4.98 Å². The number of nitrogen functional groups attached to an aromatic ring is 1. The van der Waals surface area contributed by atoms with E-state index in [9.17, 15) is 0 Å². The van der Waals surface area contributed by atoms with Crippen molar-refractivity contribution in [3.63, 3.8) is 0 Å². The molecular weight excluding hydrogens is 432 g/mol. The number of hydrogen-bond donors (Lipinski definition) is 1. The molecule has 0 unspecified atom stereocenters. The molecule has 0 aliphatic heterocycles. The summed E-state index contributed by atoms with van der Waals surface area (Å²) in [5, 5.41) is 0.986. The zero-order chi connectivity index (χ0) is 21.8. The lowest BCUT2D eigenvalue weighted by Crippen LogP contribution is -1.98. The van der Waals surface area contributed by atoms with Gasteiger partial charge in [-0.15, -0.1) is 0 Å². The Labute approximate surface area is 188 Å². The highest BCUT2D eigenvalue weighted by molar-refractivity contribution is 7.18. The van der Waals surface area contributed by atoms with Crippen LogP contribution in [0.3, 0.4) is 0 Å². The quantitative estimate of drug-likeness (QED) is 0.397. The largest absolute Gasteiger partial charge is 0.489 e. The van der Waals surface area contributed by atoms with Crippen LogP contribution in [0.2, 0.25) is 5.02 Å².